The number of anilines is 1. The van der Waals surface area contributed by atoms with Crippen LogP contribution in [0.1, 0.15) is 49.4 Å². The molecule has 2 aromatic carbocycles. The van der Waals surface area contributed by atoms with Crippen molar-refractivity contribution in [3.63, 3.8) is 0 Å². The van der Waals surface area contributed by atoms with Crippen molar-refractivity contribution in [3.05, 3.63) is 53.1 Å². The number of carbonyl (C=O) groups is 2. The molecule has 3 rings (SSSR count). The van der Waals surface area contributed by atoms with Gasteiger partial charge in [-0.25, -0.2) is 0 Å². The Hall–Kier alpha value is -1.98. The molecule has 4 nitrogen and oxygen atoms in total. The standard InChI is InChI=1S/C21H23ClN2O2S/c1-14(25)23-19-13-15(21(26)24-17-5-3-2-4-6-17)7-12-20(19)27-18-10-8-16(22)9-11-18/h7-13,17H,2-6H2,1H3,(H,23,25)(H,24,26). The van der Waals surface area contributed by atoms with Crippen molar-refractivity contribution in [2.45, 2.75) is 54.9 Å². The fourth-order valence-electron chi connectivity index (χ4n) is 3.19. The van der Waals surface area contributed by atoms with Crippen molar-refractivity contribution in [1.29, 1.82) is 0 Å². The highest BCUT2D eigenvalue weighted by Crippen LogP contribution is 2.35. The molecule has 6 heteroatoms. The summed E-state index contributed by atoms with van der Waals surface area (Å²) in [5.41, 5.74) is 1.20. The number of rotatable bonds is 5. The quantitative estimate of drug-likeness (QED) is 0.693. The molecule has 1 aliphatic carbocycles. The lowest BCUT2D eigenvalue weighted by atomic mass is 9.95. The summed E-state index contributed by atoms with van der Waals surface area (Å²) >= 11 is 7.46. The number of hydrogen-bond acceptors (Lipinski definition) is 3. The van der Waals surface area contributed by atoms with Gasteiger partial charge in [-0.2, -0.15) is 0 Å². The van der Waals surface area contributed by atoms with Crippen LogP contribution in [0.2, 0.25) is 5.02 Å². The van der Waals surface area contributed by atoms with Crippen LogP contribution in [-0.4, -0.2) is 17.9 Å². The number of halogens is 1. The molecule has 0 heterocycles. The van der Waals surface area contributed by atoms with Gasteiger partial charge in [0.2, 0.25) is 5.91 Å². The minimum atomic E-state index is -0.169. The smallest absolute Gasteiger partial charge is 0.251 e. The van der Waals surface area contributed by atoms with Crippen LogP contribution in [0.15, 0.2) is 52.3 Å². The number of carbonyl (C=O) groups excluding carboxylic acids is 2. The van der Waals surface area contributed by atoms with E-state index in [1.54, 1.807) is 6.07 Å². The molecule has 1 fully saturated rings. The van der Waals surface area contributed by atoms with Gasteiger partial charge >= 0.3 is 0 Å². The molecule has 2 aromatic rings. The van der Waals surface area contributed by atoms with Crippen molar-refractivity contribution in [2.75, 3.05) is 5.32 Å². The maximum absolute atomic E-state index is 12.6. The SMILES string of the molecule is CC(=O)Nc1cc(C(=O)NC2CCCCC2)ccc1Sc1ccc(Cl)cc1. The predicted molar refractivity (Wildman–Crippen MR) is 111 cm³/mol. The summed E-state index contributed by atoms with van der Waals surface area (Å²) in [6.07, 6.45) is 5.65. The second kappa shape index (κ2) is 9.29. The average molecular weight is 403 g/mol. The molecule has 0 atom stereocenters. The van der Waals surface area contributed by atoms with Gasteiger partial charge in [0, 0.05) is 33.3 Å². The summed E-state index contributed by atoms with van der Waals surface area (Å²) < 4.78 is 0. The number of benzene rings is 2. The minimum Gasteiger partial charge on any atom is -0.349 e. The van der Waals surface area contributed by atoms with E-state index in [2.05, 4.69) is 10.6 Å². The van der Waals surface area contributed by atoms with Gasteiger partial charge in [0.15, 0.2) is 0 Å². The molecule has 27 heavy (non-hydrogen) atoms. The zero-order chi connectivity index (χ0) is 19.2. The van der Waals surface area contributed by atoms with Gasteiger partial charge in [-0.3, -0.25) is 9.59 Å². The highest BCUT2D eigenvalue weighted by Gasteiger charge is 2.18. The zero-order valence-electron chi connectivity index (χ0n) is 15.3. The van der Waals surface area contributed by atoms with E-state index >= 15 is 0 Å². The van der Waals surface area contributed by atoms with Crippen LogP contribution in [-0.2, 0) is 4.79 Å². The third-order valence-electron chi connectivity index (χ3n) is 4.53. The zero-order valence-corrected chi connectivity index (χ0v) is 16.8. The van der Waals surface area contributed by atoms with Gasteiger partial charge in [-0.05, 0) is 55.3 Å². The monoisotopic (exact) mass is 402 g/mol. The highest BCUT2D eigenvalue weighted by atomic mass is 35.5. The normalized spacial score (nSPS) is 14.6. The van der Waals surface area contributed by atoms with Crippen LogP contribution in [0.3, 0.4) is 0 Å². The molecule has 1 aliphatic rings. The molecule has 142 valence electrons. The Balaban J connectivity index is 1.78. The van der Waals surface area contributed by atoms with E-state index < -0.39 is 0 Å². The van der Waals surface area contributed by atoms with E-state index in [4.69, 9.17) is 11.6 Å². The lowest BCUT2D eigenvalue weighted by Crippen LogP contribution is -2.36. The second-order valence-corrected chi connectivity index (χ2v) is 8.31. The number of amides is 2. The number of hydrogen-bond donors (Lipinski definition) is 2. The van der Waals surface area contributed by atoms with Gasteiger partial charge < -0.3 is 10.6 Å². The summed E-state index contributed by atoms with van der Waals surface area (Å²) in [6, 6.07) is 13.2. The molecular formula is C21H23ClN2O2S. The summed E-state index contributed by atoms with van der Waals surface area (Å²) in [7, 11) is 0. The molecule has 0 bridgehead atoms. The van der Waals surface area contributed by atoms with Gasteiger partial charge in [0.1, 0.15) is 0 Å². The van der Waals surface area contributed by atoms with Crippen LogP contribution in [0.4, 0.5) is 5.69 Å². The molecule has 0 aromatic heterocycles. The predicted octanol–water partition coefficient (Wildman–Crippen LogP) is 5.51. The molecule has 0 spiro atoms. The van der Waals surface area contributed by atoms with Crippen LogP contribution in [0.25, 0.3) is 0 Å². The van der Waals surface area contributed by atoms with Crippen LogP contribution >= 0.6 is 23.4 Å². The Morgan fingerprint density at radius 1 is 1.04 bits per heavy atom. The van der Waals surface area contributed by atoms with Crippen molar-refractivity contribution in [2.24, 2.45) is 0 Å². The Bertz CT molecular complexity index is 817. The Morgan fingerprint density at radius 2 is 1.74 bits per heavy atom. The third-order valence-corrected chi connectivity index (χ3v) is 5.87. The van der Waals surface area contributed by atoms with E-state index in [1.165, 1.54) is 37.9 Å². The Labute approximate surface area is 169 Å². The molecule has 0 saturated heterocycles. The van der Waals surface area contributed by atoms with Gasteiger partial charge in [0.25, 0.3) is 5.91 Å². The summed E-state index contributed by atoms with van der Waals surface area (Å²) in [5, 5.41) is 6.63. The van der Waals surface area contributed by atoms with Crippen LogP contribution in [0.5, 0.6) is 0 Å². The summed E-state index contributed by atoms with van der Waals surface area (Å²) in [5.74, 6) is -0.255. The molecule has 1 saturated carbocycles. The van der Waals surface area contributed by atoms with E-state index in [-0.39, 0.29) is 17.9 Å². The van der Waals surface area contributed by atoms with E-state index in [9.17, 15) is 9.59 Å². The lowest BCUT2D eigenvalue weighted by molar-refractivity contribution is -0.114. The first-order valence-electron chi connectivity index (χ1n) is 9.17. The van der Waals surface area contributed by atoms with Crippen molar-refractivity contribution >= 4 is 40.9 Å². The van der Waals surface area contributed by atoms with Crippen molar-refractivity contribution in [3.8, 4) is 0 Å². The van der Waals surface area contributed by atoms with Crippen molar-refractivity contribution in [1.82, 2.24) is 5.32 Å². The first-order valence-corrected chi connectivity index (χ1v) is 10.4. The van der Waals surface area contributed by atoms with E-state index in [0.717, 1.165) is 22.6 Å². The first kappa shape index (κ1) is 19.8. The van der Waals surface area contributed by atoms with Gasteiger partial charge in [-0.15, -0.1) is 0 Å². The fourth-order valence-corrected chi connectivity index (χ4v) is 4.20. The van der Waals surface area contributed by atoms with Gasteiger partial charge in [0.05, 0.1) is 5.69 Å². The molecular weight excluding hydrogens is 380 g/mol. The van der Waals surface area contributed by atoms with E-state index in [1.807, 2.05) is 36.4 Å². The van der Waals surface area contributed by atoms with Gasteiger partial charge in [-0.1, -0.05) is 42.6 Å². The topological polar surface area (TPSA) is 58.2 Å². The largest absolute Gasteiger partial charge is 0.349 e. The number of nitrogens with one attached hydrogen (secondary N) is 2. The van der Waals surface area contributed by atoms with Crippen LogP contribution in [0, 0.1) is 0 Å². The highest BCUT2D eigenvalue weighted by molar-refractivity contribution is 7.99. The van der Waals surface area contributed by atoms with Crippen LogP contribution < -0.4 is 10.6 Å². The third kappa shape index (κ3) is 5.75. The molecule has 2 amide bonds. The molecule has 0 radical (unpaired) electrons. The second-order valence-electron chi connectivity index (χ2n) is 6.76. The Kier molecular flexibility index (Phi) is 6.80. The lowest BCUT2D eigenvalue weighted by Gasteiger charge is -2.23. The minimum absolute atomic E-state index is 0.0865. The summed E-state index contributed by atoms with van der Waals surface area (Å²) in [4.78, 5) is 26.1. The average Bonchev–Trinajstić information content (AvgIpc) is 2.65. The first-order chi connectivity index (χ1) is 13.0. The fraction of sp³-hybridized carbons (Fsp3) is 0.333. The maximum atomic E-state index is 12.6. The molecule has 2 N–H and O–H groups in total. The van der Waals surface area contributed by atoms with E-state index in [0.29, 0.717) is 16.3 Å². The van der Waals surface area contributed by atoms with Crippen molar-refractivity contribution < 1.29 is 9.59 Å². The maximum Gasteiger partial charge on any atom is 0.251 e. The molecule has 0 unspecified atom stereocenters. The molecule has 0 aliphatic heterocycles. The Morgan fingerprint density at radius 3 is 2.41 bits per heavy atom. The summed E-state index contributed by atoms with van der Waals surface area (Å²) in [6.45, 7) is 1.46.